The van der Waals surface area contributed by atoms with Crippen LogP contribution in [0, 0.1) is 25.6 Å². The standard InChI is InChI=1S/C24H27FN4O3/c1-12-3-8-17(32-10-14-4-5-14)19(20(12)25)22-23-21(26-11-27-22)18(13(2)28-23)24(31)29-15-6-7-16(30)9-15/h3,8,11,14-16,28,30H,4-7,9-10H2,1-2H3,(H,29,31)/t15-,16-/m0/s1. The van der Waals surface area contributed by atoms with E-state index in [1.54, 1.807) is 26.0 Å². The molecule has 0 spiro atoms. The molecular weight excluding hydrogens is 411 g/mol. The Morgan fingerprint density at radius 3 is 2.78 bits per heavy atom. The SMILES string of the molecule is Cc1ccc(OCC2CC2)c(-c2ncnc3c(C(=O)N[C@H]4CC[C@H](O)C4)c(C)[nH]c23)c1F. The summed E-state index contributed by atoms with van der Waals surface area (Å²) in [4.78, 5) is 25.0. The number of aliphatic hydroxyl groups excluding tert-OH is 1. The van der Waals surface area contributed by atoms with Crippen molar-refractivity contribution in [3.05, 3.63) is 41.1 Å². The molecule has 2 aromatic heterocycles. The maximum Gasteiger partial charge on any atom is 0.255 e. The molecule has 0 aliphatic heterocycles. The lowest BCUT2D eigenvalue weighted by Crippen LogP contribution is -2.33. The predicted octanol–water partition coefficient (Wildman–Crippen LogP) is 3.81. The van der Waals surface area contributed by atoms with Gasteiger partial charge in [-0.15, -0.1) is 0 Å². The second-order valence-corrected chi connectivity index (χ2v) is 9.03. The van der Waals surface area contributed by atoms with Crippen molar-refractivity contribution >= 4 is 16.9 Å². The smallest absolute Gasteiger partial charge is 0.255 e. The molecule has 1 aromatic carbocycles. The first kappa shape index (κ1) is 20.9. The van der Waals surface area contributed by atoms with Crippen LogP contribution in [0.4, 0.5) is 4.39 Å². The van der Waals surface area contributed by atoms with Crippen molar-refractivity contribution in [1.29, 1.82) is 0 Å². The Morgan fingerprint density at radius 1 is 1.25 bits per heavy atom. The minimum atomic E-state index is -0.392. The van der Waals surface area contributed by atoms with Gasteiger partial charge in [0.1, 0.15) is 29.1 Å². The van der Waals surface area contributed by atoms with Crippen LogP contribution in [0.1, 0.15) is 53.7 Å². The summed E-state index contributed by atoms with van der Waals surface area (Å²) in [6, 6.07) is 3.41. The Hall–Kier alpha value is -3.00. The fourth-order valence-corrected chi connectivity index (χ4v) is 4.43. The van der Waals surface area contributed by atoms with Crippen LogP contribution in [-0.4, -0.2) is 44.7 Å². The second-order valence-electron chi connectivity index (χ2n) is 9.03. The van der Waals surface area contributed by atoms with Gasteiger partial charge < -0.3 is 20.1 Å². The molecule has 2 heterocycles. The highest BCUT2D eigenvalue weighted by Gasteiger charge is 2.29. The maximum absolute atomic E-state index is 15.3. The summed E-state index contributed by atoms with van der Waals surface area (Å²) >= 11 is 0. The highest BCUT2D eigenvalue weighted by atomic mass is 19.1. The fourth-order valence-electron chi connectivity index (χ4n) is 4.43. The molecule has 0 saturated heterocycles. The van der Waals surface area contributed by atoms with Gasteiger partial charge in [0.15, 0.2) is 0 Å². The van der Waals surface area contributed by atoms with Crippen LogP contribution in [0.5, 0.6) is 5.75 Å². The van der Waals surface area contributed by atoms with E-state index in [9.17, 15) is 9.90 Å². The second kappa shape index (κ2) is 8.16. The summed E-state index contributed by atoms with van der Waals surface area (Å²) in [5.74, 6) is 0.317. The molecule has 2 atom stereocenters. The Balaban J connectivity index is 1.56. The van der Waals surface area contributed by atoms with Gasteiger partial charge >= 0.3 is 0 Å². The molecule has 3 aromatic rings. The molecule has 168 valence electrons. The lowest BCUT2D eigenvalue weighted by atomic mass is 10.0. The van der Waals surface area contributed by atoms with Crippen molar-refractivity contribution < 1.29 is 19.0 Å². The van der Waals surface area contributed by atoms with Crippen LogP contribution in [0.15, 0.2) is 18.5 Å². The van der Waals surface area contributed by atoms with Crippen molar-refractivity contribution in [1.82, 2.24) is 20.3 Å². The third-order valence-electron chi connectivity index (χ3n) is 6.44. The number of aromatic nitrogens is 3. The highest BCUT2D eigenvalue weighted by Crippen LogP contribution is 2.39. The fraction of sp³-hybridized carbons (Fsp3) is 0.458. The number of nitrogens with zero attached hydrogens (tertiary/aromatic N) is 2. The van der Waals surface area contributed by atoms with Crippen molar-refractivity contribution in [2.75, 3.05) is 6.61 Å². The third kappa shape index (κ3) is 3.83. The quantitative estimate of drug-likeness (QED) is 0.543. The van der Waals surface area contributed by atoms with Gasteiger partial charge in [-0.05, 0) is 63.5 Å². The maximum atomic E-state index is 15.3. The number of carbonyl (C=O) groups excluding carboxylic acids is 1. The zero-order valence-corrected chi connectivity index (χ0v) is 18.2. The Kier molecular flexibility index (Phi) is 5.33. The number of hydrogen-bond acceptors (Lipinski definition) is 5. The van der Waals surface area contributed by atoms with Crippen LogP contribution >= 0.6 is 0 Å². The molecule has 2 aliphatic rings. The summed E-state index contributed by atoms with van der Waals surface area (Å²) in [7, 11) is 0. The van der Waals surface area contributed by atoms with Gasteiger partial charge in [0, 0.05) is 11.7 Å². The van der Waals surface area contributed by atoms with E-state index >= 15 is 4.39 Å². The molecular formula is C24H27FN4O3. The van der Waals surface area contributed by atoms with Crippen LogP contribution in [-0.2, 0) is 0 Å². The number of amides is 1. The van der Waals surface area contributed by atoms with E-state index in [1.165, 1.54) is 6.33 Å². The molecule has 0 radical (unpaired) electrons. The van der Waals surface area contributed by atoms with E-state index < -0.39 is 5.82 Å². The summed E-state index contributed by atoms with van der Waals surface area (Å²) in [6.07, 6.45) is 5.21. The summed E-state index contributed by atoms with van der Waals surface area (Å²) in [5, 5.41) is 12.8. The van der Waals surface area contributed by atoms with Gasteiger partial charge in [0.05, 0.1) is 29.4 Å². The van der Waals surface area contributed by atoms with Crippen LogP contribution in [0.3, 0.4) is 0 Å². The zero-order chi connectivity index (χ0) is 22.4. The van der Waals surface area contributed by atoms with Gasteiger partial charge in [-0.3, -0.25) is 4.79 Å². The van der Waals surface area contributed by atoms with E-state index in [0.29, 0.717) is 64.7 Å². The number of carbonyl (C=O) groups is 1. The van der Waals surface area contributed by atoms with Crippen molar-refractivity contribution in [3.63, 3.8) is 0 Å². The lowest BCUT2D eigenvalue weighted by Gasteiger charge is -2.14. The van der Waals surface area contributed by atoms with Gasteiger partial charge in [-0.1, -0.05) is 6.07 Å². The van der Waals surface area contributed by atoms with Crippen molar-refractivity contribution in [3.8, 4) is 17.0 Å². The molecule has 5 rings (SSSR count). The van der Waals surface area contributed by atoms with Crippen molar-refractivity contribution in [2.45, 2.75) is 58.1 Å². The number of benzene rings is 1. The van der Waals surface area contributed by atoms with E-state index in [2.05, 4.69) is 20.3 Å². The number of aliphatic hydroxyl groups is 1. The van der Waals surface area contributed by atoms with Gasteiger partial charge in [-0.25, -0.2) is 14.4 Å². The summed E-state index contributed by atoms with van der Waals surface area (Å²) in [5.41, 5.74) is 3.14. The van der Waals surface area contributed by atoms with Crippen LogP contribution in [0.25, 0.3) is 22.3 Å². The Labute approximate surface area is 185 Å². The monoisotopic (exact) mass is 438 g/mol. The molecule has 2 aliphatic carbocycles. The topological polar surface area (TPSA) is 100 Å². The molecule has 2 fully saturated rings. The lowest BCUT2D eigenvalue weighted by molar-refractivity contribution is 0.0935. The average Bonchev–Trinajstić information content (AvgIpc) is 3.40. The first-order valence-corrected chi connectivity index (χ1v) is 11.2. The average molecular weight is 439 g/mol. The van der Waals surface area contributed by atoms with Gasteiger partial charge in [0.2, 0.25) is 0 Å². The van der Waals surface area contributed by atoms with Crippen molar-refractivity contribution in [2.24, 2.45) is 5.92 Å². The number of aromatic amines is 1. The first-order valence-electron chi connectivity index (χ1n) is 11.2. The predicted molar refractivity (Wildman–Crippen MR) is 118 cm³/mol. The molecule has 8 heteroatoms. The zero-order valence-electron chi connectivity index (χ0n) is 18.2. The molecule has 2 saturated carbocycles. The summed E-state index contributed by atoms with van der Waals surface area (Å²) < 4.78 is 21.3. The number of halogens is 1. The van der Waals surface area contributed by atoms with E-state index in [1.807, 2.05) is 0 Å². The minimum Gasteiger partial charge on any atom is -0.492 e. The van der Waals surface area contributed by atoms with E-state index in [-0.39, 0.29) is 23.6 Å². The highest BCUT2D eigenvalue weighted by molar-refractivity contribution is 6.09. The van der Waals surface area contributed by atoms with E-state index in [0.717, 1.165) is 19.3 Å². The molecule has 3 N–H and O–H groups in total. The Morgan fingerprint density at radius 2 is 2.06 bits per heavy atom. The number of nitrogens with one attached hydrogen (secondary N) is 2. The van der Waals surface area contributed by atoms with Gasteiger partial charge in [-0.2, -0.15) is 0 Å². The number of ether oxygens (including phenoxy) is 1. The summed E-state index contributed by atoms with van der Waals surface area (Å²) in [6.45, 7) is 4.05. The van der Waals surface area contributed by atoms with Crippen LogP contribution < -0.4 is 10.1 Å². The molecule has 0 bridgehead atoms. The number of H-pyrrole nitrogens is 1. The molecule has 0 unspecified atom stereocenters. The minimum absolute atomic E-state index is 0.0696. The van der Waals surface area contributed by atoms with Crippen LogP contribution in [0.2, 0.25) is 0 Å². The normalized spacial score (nSPS) is 20.6. The number of hydrogen-bond donors (Lipinski definition) is 3. The first-order chi connectivity index (χ1) is 15.4. The Bertz CT molecular complexity index is 1190. The van der Waals surface area contributed by atoms with Gasteiger partial charge in [0.25, 0.3) is 5.91 Å². The molecule has 7 nitrogen and oxygen atoms in total. The molecule has 32 heavy (non-hydrogen) atoms. The number of rotatable bonds is 6. The molecule has 1 amide bonds. The third-order valence-corrected chi connectivity index (χ3v) is 6.44. The van der Waals surface area contributed by atoms with E-state index in [4.69, 9.17) is 4.74 Å². The number of aryl methyl sites for hydroxylation is 2. The number of fused-ring (bicyclic) bond motifs is 1. The largest absolute Gasteiger partial charge is 0.492 e.